The van der Waals surface area contributed by atoms with Crippen molar-refractivity contribution in [2.45, 2.75) is 38.3 Å². The van der Waals surface area contributed by atoms with Crippen molar-refractivity contribution in [2.24, 2.45) is 0 Å². The fourth-order valence-corrected chi connectivity index (χ4v) is 2.30. The topological polar surface area (TPSA) is 64.9 Å². The van der Waals surface area contributed by atoms with Crippen molar-refractivity contribution in [3.8, 4) is 6.07 Å². The summed E-state index contributed by atoms with van der Waals surface area (Å²) in [6.07, 6.45) is 3.02. The predicted molar refractivity (Wildman–Crippen MR) is 73.2 cm³/mol. The maximum Gasteiger partial charge on any atom is 0.237 e. The molecule has 1 heterocycles. The molecule has 1 amide bonds. The minimum atomic E-state index is -0.133. The first kappa shape index (κ1) is 13.6. The number of carbonyl (C=O) groups is 1. The van der Waals surface area contributed by atoms with E-state index in [4.69, 9.17) is 5.26 Å². The van der Waals surface area contributed by atoms with Crippen LogP contribution < -0.4 is 10.6 Å². The third-order valence-corrected chi connectivity index (χ3v) is 3.41. The number of fused-ring (bicyclic) bond motifs is 1. The van der Waals surface area contributed by atoms with Gasteiger partial charge >= 0.3 is 0 Å². The third-order valence-electron chi connectivity index (χ3n) is 3.41. The lowest BCUT2D eigenvalue weighted by molar-refractivity contribution is -0.123. The van der Waals surface area contributed by atoms with Gasteiger partial charge in [-0.15, -0.1) is 0 Å². The third kappa shape index (κ3) is 3.80. The number of amides is 1. The van der Waals surface area contributed by atoms with E-state index in [2.05, 4.69) is 28.8 Å². The van der Waals surface area contributed by atoms with Crippen molar-refractivity contribution in [1.82, 2.24) is 10.6 Å². The Hall–Kier alpha value is -1.86. The van der Waals surface area contributed by atoms with Crippen LogP contribution in [0.5, 0.6) is 0 Å². The normalized spacial score (nSPS) is 17.3. The summed E-state index contributed by atoms with van der Waals surface area (Å²) in [6, 6.07) is 10.2. The van der Waals surface area contributed by atoms with Crippen LogP contribution in [-0.2, 0) is 17.8 Å². The number of hydrogen-bond donors (Lipinski definition) is 2. The van der Waals surface area contributed by atoms with Gasteiger partial charge in [0.05, 0.1) is 12.1 Å². The molecule has 0 radical (unpaired) electrons. The van der Waals surface area contributed by atoms with Gasteiger partial charge in [0.2, 0.25) is 5.91 Å². The maximum absolute atomic E-state index is 12.0. The average molecular weight is 257 g/mol. The highest BCUT2D eigenvalue weighted by molar-refractivity contribution is 5.82. The molecule has 0 fully saturated rings. The van der Waals surface area contributed by atoms with Gasteiger partial charge in [-0.2, -0.15) is 5.26 Å². The van der Waals surface area contributed by atoms with Crippen LogP contribution in [0.25, 0.3) is 0 Å². The smallest absolute Gasteiger partial charge is 0.237 e. The summed E-state index contributed by atoms with van der Waals surface area (Å²) in [7, 11) is 0. The Morgan fingerprint density at radius 2 is 2.16 bits per heavy atom. The van der Waals surface area contributed by atoms with Gasteiger partial charge in [-0.1, -0.05) is 24.3 Å². The Kier molecular flexibility index (Phi) is 4.93. The molecule has 4 nitrogen and oxygen atoms in total. The molecule has 1 atom stereocenters. The van der Waals surface area contributed by atoms with Crippen LogP contribution in [0.15, 0.2) is 24.3 Å². The van der Waals surface area contributed by atoms with Gasteiger partial charge in [-0.3, -0.25) is 4.79 Å². The highest BCUT2D eigenvalue weighted by atomic mass is 16.2. The van der Waals surface area contributed by atoms with Crippen molar-refractivity contribution in [3.63, 3.8) is 0 Å². The van der Waals surface area contributed by atoms with E-state index in [1.165, 1.54) is 11.1 Å². The largest absolute Gasteiger partial charge is 0.355 e. The standard InChI is InChI=1S/C15H19N3O/c16-8-4-1-5-9-17-15(19)14-10-12-6-2-3-7-13(12)11-18-14/h2-3,6-7,14,18H,1,4-5,9-11H2,(H,17,19)/t14-/m0/s1. The van der Waals surface area contributed by atoms with Crippen LogP contribution in [0.1, 0.15) is 30.4 Å². The summed E-state index contributed by atoms with van der Waals surface area (Å²) >= 11 is 0. The zero-order valence-corrected chi connectivity index (χ0v) is 11.0. The van der Waals surface area contributed by atoms with Crippen molar-refractivity contribution >= 4 is 5.91 Å². The monoisotopic (exact) mass is 257 g/mol. The Bertz CT molecular complexity index is 479. The lowest BCUT2D eigenvalue weighted by Crippen LogP contribution is -2.47. The molecule has 0 saturated heterocycles. The first-order valence-electron chi connectivity index (χ1n) is 6.76. The number of rotatable bonds is 5. The van der Waals surface area contributed by atoms with Gasteiger partial charge in [0.25, 0.3) is 0 Å². The van der Waals surface area contributed by atoms with Crippen molar-refractivity contribution in [2.75, 3.05) is 6.54 Å². The van der Waals surface area contributed by atoms with Gasteiger partial charge in [0, 0.05) is 19.5 Å². The molecule has 100 valence electrons. The molecule has 0 saturated carbocycles. The summed E-state index contributed by atoms with van der Waals surface area (Å²) in [5.41, 5.74) is 2.53. The molecular weight excluding hydrogens is 238 g/mol. The number of benzene rings is 1. The molecule has 1 aromatic rings. The molecule has 19 heavy (non-hydrogen) atoms. The minimum absolute atomic E-state index is 0.0615. The fourth-order valence-electron chi connectivity index (χ4n) is 2.30. The number of nitrogens with zero attached hydrogens (tertiary/aromatic N) is 1. The van der Waals surface area contributed by atoms with Gasteiger partial charge < -0.3 is 10.6 Å². The number of hydrogen-bond acceptors (Lipinski definition) is 3. The van der Waals surface area contributed by atoms with E-state index >= 15 is 0 Å². The Balaban J connectivity index is 1.78. The van der Waals surface area contributed by atoms with E-state index in [0.717, 1.165) is 25.8 Å². The minimum Gasteiger partial charge on any atom is -0.355 e. The molecule has 2 rings (SSSR count). The quantitative estimate of drug-likeness (QED) is 0.786. The van der Waals surface area contributed by atoms with Gasteiger partial charge in [0.1, 0.15) is 0 Å². The van der Waals surface area contributed by atoms with Crippen LogP contribution in [0.2, 0.25) is 0 Å². The summed E-state index contributed by atoms with van der Waals surface area (Å²) in [5.74, 6) is 0.0615. The van der Waals surface area contributed by atoms with Crippen LogP contribution in [-0.4, -0.2) is 18.5 Å². The summed E-state index contributed by atoms with van der Waals surface area (Å²) in [4.78, 5) is 12.0. The molecule has 1 aliphatic heterocycles. The van der Waals surface area contributed by atoms with Gasteiger partial charge in [-0.05, 0) is 30.4 Å². The second kappa shape index (κ2) is 6.91. The molecule has 1 aromatic carbocycles. The summed E-state index contributed by atoms with van der Waals surface area (Å²) < 4.78 is 0. The highest BCUT2D eigenvalue weighted by Crippen LogP contribution is 2.16. The molecular formula is C15H19N3O. The zero-order valence-electron chi connectivity index (χ0n) is 11.0. The second-order valence-electron chi connectivity index (χ2n) is 4.81. The molecule has 0 bridgehead atoms. The van der Waals surface area contributed by atoms with Gasteiger partial charge in [0.15, 0.2) is 0 Å². The maximum atomic E-state index is 12.0. The molecule has 4 heteroatoms. The molecule has 2 N–H and O–H groups in total. The van der Waals surface area contributed by atoms with Crippen LogP contribution in [0.4, 0.5) is 0 Å². The molecule has 1 aliphatic rings. The Morgan fingerprint density at radius 3 is 2.95 bits per heavy atom. The average Bonchev–Trinajstić information content (AvgIpc) is 2.46. The Labute approximate surface area is 113 Å². The van der Waals surface area contributed by atoms with Crippen LogP contribution in [0, 0.1) is 11.3 Å². The van der Waals surface area contributed by atoms with E-state index in [0.29, 0.717) is 13.0 Å². The van der Waals surface area contributed by atoms with Gasteiger partial charge in [-0.25, -0.2) is 0 Å². The van der Waals surface area contributed by atoms with Crippen molar-refractivity contribution < 1.29 is 4.79 Å². The second-order valence-corrected chi connectivity index (χ2v) is 4.81. The summed E-state index contributed by atoms with van der Waals surface area (Å²) in [5, 5.41) is 14.6. The summed E-state index contributed by atoms with van der Waals surface area (Å²) in [6.45, 7) is 1.41. The van der Waals surface area contributed by atoms with E-state index in [-0.39, 0.29) is 11.9 Å². The van der Waals surface area contributed by atoms with E-state index < -0.39 is 0 Å². The predicted octanol–water partition coefficient (Wildman–Crippen LogP) is 1.51. The SMILES string of the molecule is N#CCCCCNC(=O)[C@@H]1Cc2ccccc2CN1. The van der Waals surface area contributed by atoms with Crippen molar-refractivity contribution in [3.05, 3.63) is 35.4 Å². The van der Waals surface area contributed by atoms with Crippen LogP contribution >= 0.6 is 0 Å². The number of unbranched alkanes of at least 4 members (excludes halogenated alkanes) is 2. The zero-order chi connectivity index (χ0) is 13.5. The molecule has 0 unspecified atom stereocenters. The lowest BCUT2D eigenvalue weighted by atomic mass is 9.95. The van der Waals surface area contributed by atoms with E-state index in [1.807, 2.05) is 12.1 Å². The first-order chi connectivity index (χ1) is 9.31. The first-order valence-corrected chi connectivity index (χ1v) is 6.76. The highest BCUT2D eigenvalue weighted by Gasteiger charge is 2.23. The fraction of sp³-hybridized carbons (Fsp3) is 0.467. The molecule has 0 aromatic heterocycles. The number of nitriles is 1. The molecule has 0 spiro atoms. The molecule has 0 aliphatic carbocycles. The van der Waals surface area contributed by atoms with Crippen LogP contribution in [0.3, 0.4) is 0 Å². The Morgan fingerprint density at radius 1 is 1.37 bits per heavy atom. The lowest BCUT2D eigenvalue weighted by Gasteiger charge is -2.25. The van der Waals surface area contributed by atoms with E-state index in [1.54, 1.807) is 0 Å². The van der Waals surface area contributed by atoms with Crippen molar-refractivity contribution in [1.29, 1.82) is 5.26 Å². The number of carbonyl (C=O) groups excluding carboxylic acids is 1. The number of nitrogens with one attached hydrogen (secondary N) is 2. The van der Waals surface area contributed by atoms with E-state index in [9.17, 15) is 4.79 Å².